The van der Waals surface area contributed by atoms with Crippen molar-refractivity contribution in [3.8, 4) is 17.3 Å². The van der Waals surface area contributed by atoms with E-state index in [9.17, 15) is 0 Å². The first-order chi connectivity index (χ1) is 9.69. The monoisotopic (exact) mass is 263 g/mol. The van der Waals surface area contributed by atoms with Gasteiger partial charge in [0.1, 0.15) is 11.6 Å². The van der Waals surface area contributed by atoms with Gasteiger partial charge in [0.25, 0.3) is 0 Å². The molecule has 0 aliphatic heterocycles. The van der Waals surface area contributed by atoms with Crippen LogP contribution in [0.2, 0.25) is 0 Å². The molecule has 0 fully saturated rings. The number of nitriles is 1. The van der Waals surface area contributed by atoms with E-state index in [-0.39, 0.29) is 6.42 Å². The minimum atomic E-state index is 0.221. The first-order valence-electron chi connectivity index (χ1n) is 6.31. The minimum Gasteiger partial charge on any atom is -0.331 e. The van der Waals surface area contributed by atoms with E-state index in [1.165, 1.54) is 0 Å². The lowest BCUT2D eigenvalue weighted by atomic mass is 10.1. The van der Waals surface area contributed by atoms with Crippen LogP contribution in [0.25, 0.3) is 22.3 Å². The average molecular weight is 263 g/mol. The number of benzene rings is 1. The molecule has 20 heavy (non-hydrogen) atoms. The summed E-state index contributed by atoms with van der Waals surface area (Å²) in [5.74, 6) is 1.52. The number of aromatic nitrogens is 4. The van der Waals surface area contributed by atoms with Crippen LogP contribution in [0.3, 0.4) is 0 Å². The molecule has 2 heterocycles. The molecule has 5 nitrogen and oxygen atoms in total. The predicted molar refractivity (Wildman–Crippen MR) is 75.8 cm³/mol. The largest absolute Gasteiger partial charge is 0.331 e. The molecule has 0 aliphatic rings. The molecule has 0 atom stereocenters. The Bertz CT molecular complexity index is 826. The van der Waals surface area contributed by atoms with E-state index in [4.69, 9.17) is 5.26 Å². The number of nitrogens with zero attached hydrogens (tertiary/aromatic N) is 5. The van der Waals surface area contributed by atoms with Crippen LogP contribution in [0.4, 0.5) is 0 Å². The van der Waals surface area contributed by atoms with Crippen LogP contribution in [-0.4, -0.2) is 19.5 Å². The summed E-state index contributed by atoms with van der Waals surface area (Å²) in [5, 5.41) is 8.71. The predicted octanol–water partition coefficient (Wildman–Crippen LogP) is 2.40. The van der Waals surface area contributed by atoms with Crippen LogP contribution in [-0.2, 0) is 13.5 Å². The molecule has 0 unspecified atom stereocenters. The van der Waals surface area contributed by atoms with Crippen LogP contribution in [0.1, 0.15) is 11.6 Å². The van der Waals surface area contributed by atoms with Gasteiger partial charge < -0.3 is 4.57 Å². The van der Waals surface area contributed by atoms with Crippen molar-refractivity contribution in [2.24, 2.45) is 7.05 Å². The third-order valence-corrected chi connectivity index (χ3v) is 3.34. The molecule has 0 spiro atoms. The molecule has 98 valence electrons. The maximum atomic E-state index is 8.71. The van der Waals surface area contributed by atoms with Crippen LogP contribution >= 0.6 is 0 Å². The number of aryl methyl sites for hydroxylation is 2. The van der Waals surface area contributed by atoms with Crippen LogP contribution in [0, 0.1) is 18.3 Å². The standard InChI is InChI=1S/C15H13N5/c1-10-18-13-9-11(3-4-14(13)20(10)2)12-6-8-17-15(19-12)5-7-16/h3-4,6,8-9H,5H2,1-2H3. The zero-order valence-corrected chi connectivity index (χ0v) is 11.3. The fourth-order valence-electron chi connectivity index (χ4n) is 2.20. The van der Waals surface area contributed by atoms with Gasteiger partial charge in [-0.1, -0.05) is 6.07 Å². The van der Waals surface area contributed by atoms with Gasteiger partial charge in [0.15, 0.2) is 0 Å². The molecular formula is C15H13N5. The van der Waals surface area contributed by atoms with Crippen LogP contribution in [0.15, 0.2) is 30.5 Å². The molecule has 2 aromatic heterocycles. The van der Waals surface area contributed by atoms with Crippen molar-refractivity contribution in [3.63, 3.8) is 0 Å². The number of hydrogen-bond acceptors (Lipinski definition) is 4. The number of fused-ring (bicyclic) bond motifs is 1. The molecule has 3 aromatic rings. The normalized spacial score (nSPS) is 10.7. The Labute approximate surface area is 116 Å². The third-order valence-electron chi connectivity index (χ3n) is 3.34. The lowest BCUT2D eigenvalue weighted by Gasteiger charge is -2.02. The summed E-state index contributed by atoms with van der Waals surface area (Å²) in [6.45, 7) is 1.98. The number of rotatable bonds is 2. The summed E-state index contributed by atoms with van der Waals surface area (Å²) in [6.07, 6.45) is 1.90. The highest BCUT2D eigenvalue weighted by Crippen LogP contribution is 2.23. The molecule has 0 saturated carbocycles. The Morgan fingerprint density at radius 3 is 2.90 bits per heavy atom. The van der Waals surface area contributed by atoms with E-state index in [0.29, 0.717) is 5.82 Å². The summed E-state index contributed by atoms with van der Waals surface area (Å²) >= 11 is 0. The zero-order valence-electron chi connectivity index (χ0n) is 11.3. The molecule has 0 radical (unpaired) electrons. The second-order valence-electron chi connectivity index (χ2n) is 4.61. The fourth-order valence-corrected chi connectivity index (χ4v) is 2.20. The molecule has 0 aliphatic carbocycles. The average Bonchev–Trinajstić information content (AvgIpc) is 2.74. The van der Waals surface area contributed by atoms with Gasteiger partial charge in [-0.3, -0.25) is 0 Å². The van der Waals surface area contributed by atoms with Crippen LogP contribution < -0.4 is 0 Å². The van der Waals surface area contributed by atoms with Gasteiger partial charge >= 0.3 is 0 Å². The lowest BCUT2D eigenvalue weighted by molar-refractivity contribution is 0.886. The van der Waals surface area contributed by atoms with Gasteiger partial charge in [-0.15, -0.1) is 0 Å². The Morgan fingerprint density at radius 2 is 2.10 bits per heavy atom. The SMILES string of the molecule is Cc1nc2cc(-c3ccnc(CC#N)n3)ccc2n1C. The fraction of sp³-hybridized carbons (Fsp3) is 0.200. The van der Waals surface area contributed by atoms with E-state index >= 15 is 0 Å². The Hall–Kier alpha value is -2.74. The topological polar surface area (TPSA) is 67.4 Å². The Kier molecular flexibility index (Phi) is 2.92. The first-order valence-corrected chi connectivity index (χ1v) is 6.31. The van der Waals surface area contributed by atoms with Crippen molar-refractivity contribution in [2.45, 2.75) is 13.3 Å². The second-order valence-corrected chi connectivity index (χ2v) is 4.61. The molecule has 0 N–H and O–H groups in total. The molecule has 5 heteroatoms. The Morgan fingerprint density at radius 1 is 1.25 bits per heavy atom. The van der Waals surface area contributed by atoms with Crippen molar-refractivity contribution < 1.29 is 0 Å². The van der Waals surface area contributed by atoms with Crippen molar-refractivity contribution in [3.05, 3.63) is 42.1 Å². The first kappa shape index (κ1) is 12.3. The molecule has 0 saturated heterocycles. The van der Waals surface area contributed by atoms with Gasteiger partial charge in [-0.2, -0.15) is 5.26 Å². The van der Waals surface area contributed by atoms with Gasteiger partial charge in [-0.05, 0) is 25.1 Å². The van der Waals surface area contributed by atoms with Crippen molar-refractivity contribution in [1.82, 2.24) is 19.5 Å². The maximum absolute atomic E-state index is 8.71. The van der Waals surface area contributed by atoms with Gasteiger partial charge in [-0.25, -0.2) is 15.0 Å². The van der Waals surface area contributed by atoms with E-state index < -0.39 is 0 Å². The molecule has 1 aromatic carbocycles. The summed E-state index contributed by atoms with van der Waals surface area (Å²) in [7, 11) is 2.00. The minimum absolute atomic E-state index is 0.221. The molecule has 0 amide bonds. The Balaban J connectivity index is 2.10. The summed E-state index contributed by atoms with van der Waals surface area (Å²) in [4.78, 5) is 13.0. The highest BCUT2D eigenvalue weighted by Gasteiger charge is 2.07. The van der Waals surface area contributed by atoms with E-state index in [1.807, 2.05) is 38.2 Å². The maximum Gasteiger partial charge on any atom is 0.142 e. The van der Waals surface area contributed by atoms with E-state index in [1.54, 1.807) is 6.20 Å². The summed E-state index contributed by atoms with van der Waals surface area (Å²) in [6, 6.07) is 9.98. The second kappa shape index (κ2) is 4.74. The van der Waals surface area contributed by atoms with E-state index in [2.05, 4.69) is 25.6 Å². The summed E-state index contributed by atoms with van der Waals surface area (Å²) < 4.78 is 2.06. The zero-order chi connectivity index (χ0) is 14.1. The van der Waals surface area contributed by atoms with Crippen molar-refractivity contribution >= 4 is 11.0 Å². The van der Waals surface area contributed by atoms with Gasteiger partial charge in [0, 0.05) is 18.8 Å². The van der Waals surface area contributed by atoms with Gasteiger partial charge in [0.2, 0.25) is 0 Å². The number of imidazole rings is 1. The smallest absolute Gasteiger partial charge is 0.142 e. The lowest BCUT2D eigenvalue weighted by Crippen LogP contribution is -1.95. The molecule has 3 rings (SSSR count). The van der Waals surface area contributed by atoms with Crippen molar-refractivity contribution in [1.29, 1.82) is 5.26 Å². The quantitative estimate of drug-likeness (QED) is 0.712. The molecule has 0 bridgehead atoms. The van der Waals surface area contributed by atoms with Gasteiger partial charge in [0.05, 0.1) is 29.2 Å². The van der Waals surface area contributed by atoms with Crippen LogP contribution in [0.5, 0.6) is 0 Å². The number of hydrogen-bond donors (Lipinski definition) is 0. The summed E-state index contributed by atoms with van der Waals surface area (Å²) in [5.41, 5.74) is 3.84. The van der Waals surface area contributed by atoms with E-state index in [0.717, 1.165) is 28.1 Å². The highest BCUT2D eigenvalue weighted by molar-refractivity contribution is 5.81. The molecular weight excluding hydrogens is 250 g/mol. The highest BCUT2D eigenvalue weighted by atomic mass is 15.0. The van der Waals surface area contributed by atoms with Crippen molar-refractivity contribution in [2.75, 3.05) is 0 Å². The third kappa shape index (κ3) is 2.01.